The minimum absolute atomic E-state index is 0.0384. The van der Waals surface area contributed by atoms with Crippen LogP contribution in [0.25, 0.3) is 11.3 Å². The molecule has 0 bridgehead atoms. The summed E-state index contributed by atoms with van der Waals surface area (Å²) in [5.74, 6) is 0.527. The monoisotopic (exact) mass is 301 g/mol. The Morgan fingerprint density at radius 3 is 2.50 bits per heavy atom. The van der Waals surface area contributed by atoms with Crippen LogP contribution < -0.4 is 10.6 Å². The number of carbonyl (C=O) groups excluding carboxylic acids is 1. The second-order valence-electron chi connectivity index (χ2n) is 5.24. The lowest BCUT2D eigenvalue weighted by atomic mass is 10.1. The molecular formula is C15H15N3O4. The number of hydrogen-bond donors (Lipinski definition) is 3. The van der Waals surface area contributed by atoms with Crippen molar-refractivity contribution in [2.75, 3.05) is 10.6 Å². The minimum Gasteiger partial charge on any atom is -0.465 e. The summed E-state index contributed by atoms with van der Waals surface area (Å²) in [6, 6.07) is 6.99. The van der Waals surface area contributed by atoms with Crippen molar-refractivity contribution < 1.29 is 19.2 Å². The maximum atomic E-state index is 11.7. The van der Waals surface area contributed by atoms with Crippen LogP contribution in [0.5, 0.6) is 0 Å². The van der Waals surface area contributed by atoms with Gasteiger partial charge in [0.25, 0.3) is 0 Å². The molecule has 3 rings (SSSR count). The summed E-state index contributed by atoms with van der Waals surface area (Å²) in [7, 11) is 0. The summed E-state index contributed by atoms with van der Waals surface area (Å²) in [5.41, 5.74) is 2.16. The van der Waals surface area contributed by atoms with E-state index in [1.54, 1.807) is 31.2 Å². The highest BCUT2D eigenvalue weighted by atomic mass is 16.5. The van der Waals surface area contributed by atoms with Crippen LogP contribution in [-0.2, 0) is 4.79 Å². The molecule has 7 heteroatoms. The first-order chi connectivity index (χ1) is 10.5. The lowest BCUT2D eigenvalue weighted by molar-refractivity contribution is -0.117. The highest BCUT2D eigenvalue weighted by Crippen LogP contribution is 2.33. The Balaban J connectivity index is 1.80. The normalized spacial score (nSPS) is 13.7. The van der Waals surface area contributed by atoms with Crippen molar-refractivity contribution in [1.82, 2.24) is 5.16 Å². The van der Waals surface area contributed by atoms with Crippen molar-refractivity contribution >= 4 is 23.4 Å². The zero-order valence-electron chi connectivity index (χ0n) is 11.9. The van der Waals surface area contributed by atoms with E-state index in [4.69, 9.17) is 9.63 Å². The van der Waals surface area contributed by atoms with E-state index in [1.165, 1.54) is 0 Å². The van der Waals surface area contributed by atoms with E-state index in [-0.39, 0.29) is 11.8 Å². The molecular weight excluding hydrogens is 286 g/mol. The molecule has 2 amide bonds. The van der Waals surface area contributed by atoms with Gasteiger partial charge in [-0.25, -0.2) is 4.79 Å². The third kappa shape index (κ3) is 2.93. The van der Waals surface area contributed by atoms with Gasteiger partial charge in [0.1, 0.15) is 11.4 Å². The maximum Gasteiger partial charge on any atom is 0.409 e. The molecule has 2 aromatic rings. The van der Waals surface area contributed by atoms with Crippen molar-refractivity contribution in [2.24, 2.45) is 5.92 Å². The van der Waals surface area contributed by atoms with Crippen molar-refractivity contribution in [3.63, 3.8) is 0 Å². The van der Waals surface area contributed by atoms with Gasteiger partial charge in [-0.1, -0.05) is 5.16 Å². The number of carbonyl (C=O) groups is 2. The number of carboxylic acid groups (broad SMARTS) is 1. The molecule has 22 heavy (non-hydrogen) atoms. The van der Waals surface area contributed by atoms with E-state index in [9.17, 15) is 9.59 Å². The van der Waals surface area contributed by atoms with Crippen molar-refractivity contribution in [1.29, 1.82) is 0 Å². The Labute approximate surface area is 126 Å². The van der Waals surface area contributed by atoms with E-state index in [0.29, 0.717) is 28.4 Å². The van der Waals surface area contributed by atoms with Crippen LogP contribution in [0.3, 0.4) is 0 Å². The van der Waals surface area contributed by atoms with Gasteiger partial charge in [-0.2, -0.15) is 0 Å². The highest BCUT2D eigenvalue weighted by molar-refractivity contribution is 5.94. The van der Waals surface area contributed by atoms with Gasteiger partial charge in [-0.05, 0) is 44.0 Å². The number of hydrogen-bond acceptors (Lipinski definition) is 4. The summed E-state index contributed by atoms with van der Waals surface area (Å²) in [6.07, 6.45) is 0.720. The summed E-state index contributed by atoms with van der Waals surface area (Å²) >= 11 is 0. The molecule has 3 N–H and O–H groups in total. The van der Waals surface area contributed by atoms with Crippen LogP contribution in [-0.4, -0.2) is 22.3 Å². The van der Waals surface area contributed by atoms with Crippen LogP contribution in [0.1, 0.15) is 18.5 Å². The Morgan fingerprint density at radius 1 is 1.23 bits per heavy atom. The van der Waals surface area contributed by atoms with E-state index in [1.807, 2.05) is 0 Å². The summed E-state index contributed by atoms with van der Waals surface area (Å²) in [6.45, 7) is 1.66. The lowest BCUT2D eigenvalue weighted by Gasteiger charge is -2.06. The van der Waals surface area contributed by atoms with E-state index in [0.717, 1.165) is 12.8 Å². The fourth-order valence-corrected chi connectivity index (χ4v) is 2.12. The van der Waals surface area contributed by atoms with E-state index in [2.05, 4.69) is 15.8 Å². The molecule has 0 radical (unpaired) electrons. The standard InChI is InChI=1S/C15H15N3O4/c1-8-12(17-15(20)21)13(22-18-8)9-4-6-11(7-5-9)16-14(19)10-2-3-10/h4-7,10,17H,2-3H2,1H3,(H,16,19)(H,20,21). The highest BCUT2D eigenvalue weighted by Gasteiger charge is 2.29. The van der Waals surface area contributed by atoms with Gasteiger partial charge in [0.05, 0.1) is 0 Å². The van der Waals surface area contributed by atoms with Gasteiger partial charge in [0.2, 0.25) is 5.91 Å². The molecule has 0 spiro atoms. The Kier molecular flexibility index (Phi) is 3.54. The molecule has 1 aliphatic rings. The van der Waals surface area contributed by atoms with Gasteiger partial charge >= 0.3 is 6.09 Å². The number of nitrogens with zero attached hydrogens (tertiary/aromatic N) is 1. The van der Waals surface area contributed by atoms with Crippen LogP contribution in [0.4, 0.5) is 16.2 Å². The average molecular weight is 301 g/mol. The zero-order chi connectivity index (χ0) is 15.7. The number of aromatic nitrogens is 1. The molecule has 1 heterocycles. The van der Waals surface area contributed by atoms with Crippen LogP contribution in [0, 0.1) is 12.8 Å². The third-order valence-electron chi connectivity index (χ3n) is 3.46. The predicted molar refractivity (Wildman–Crippen MR) is 79.7 cm³/mol. The molecule has 1 aromatic heterocycles. The predicted octanol–water partition coefficient (Wildman–Crippen LogP) is 3.09. The molecule has 0 unspecified atom stereocenters. The lowest BCUT2D eigenvalue weighted by Crippen LogP contribution is -2.13. The average Bonchev–Trinajstić information content (AvgIpc) is 3.27. The Bertz CT molecular complexity index is 717. The number of benzene rings is 1. The van der Waals surface area contributed by atoms with Gasteiger partial charge in [-0.3, -0.25) is 10.1 Å². The smallest absolute Gasteiger partial charge is 0.409 e. The second kappa shape index (κ2) is 5.51. The van der Waals surface area contributed by atoms with Gasteiger partial charge in [0, 0.05) is 17.2 Å². The fraction of sp³-hybridized carbons (Fsp3) is 0.267. The first-order valence-corrected chi connectivity index (χ1v) is 6.92. The van der Waals surface area contributed by atoms with Gasteiger partial charge in [0.15, 0.2) is 5.76 Å². The number of aryl methyl sites for hydroxylation is 1. The molecule has 1 aliphatic carbocycles. The topological polar surface area (TPSA) is 104 Å². The van der Waals surface area contributed by atoms with E-state index >= 15 is 0 Å². The third-order valence-corrected chi connectivity index (χ3v) is 3.46. The van der Waals surface area contributed by atoms with Crippen LogP contribution >= 0.6 is 0 Å². The van der Waals surface area contributed by atoms with Crippen LogP contribution in [0.2, 0.25) is 0 Å². The minimum atomic E-state index is -1.18. The maximum absolute atomic E-state index is 11.7. The quantitative estimate of drug-likeness (QED) is 0.805. The Hall–Kier alpha value is -2.83. The summed E-state index contributed by atoms with van der Waals surface area (Å²) in [5, 5.41) is 17.8. The number of rotatable bonds is 4. The van der Waals surface area contributed by atoms with Crippen molar-refractivity contribution in [3.8, 4) is 11.3 Å². The van der Waals surface area contributed by atoms with Crippen molar-refractivity contribution in [2.45, 2.75) is 19.8 Å². The number of anilines is 2. The molecule has 114 valence electrons. The molecule has 0 aliphatic heterocycles. The second-order valence-corrected chi connectivity index (χ2v) is 5.24. The van der Waals surface area contributed by atoms with Gasteiger partial charge < -0.3 is 14.9 Å². The molecule has 1 aromatic carbocycles. The van der Waals surface area contributed by atoms with E-state index < -0.39 is 6.09 Å². The summed E-state index contributed by atoms with van der Waals surface area (Å²) in [4.78, 5) is 22.5. The first kappa shape index (κ1) is 14.1. The number of amides is 2. The SMILES string of the molecule is Cc1noc(-c2ccc(NC(=O)C3CC3)cc2)c1NC(=O)O. The molecule has 1 fully saturated rings. The largest absolute Gasteiger partial charge is 0.465 e. The van der Waals surface area contributed by atoms with Crippen LogP contribution in [0.15, 0.2) is 28.8 Å². The molecule has 7 nitrogen and oxygen atoms in total. The zero-order valence-corrected chi connectivity index (χ0v) is 11.9. The first-order valence-electron chi connectivity index (χ1n) is 6.92. The Morgan fingerprint density at radius 2 is 1.91 bits per heavy atom. The fourth-order valence-electron chi connectivity index (χ4n) is 2.12. The molecule has 0 saturated heterocycles. The summed E-state index contributed by atoms with van der Waals surface area (Å²) < 4.78 is 5.19. The van der Waals surface area contributed by atoms with Crippen molar-refractivity contribution in [3.05, 3.63) is 30.0 Å². The number of nitrogens with one attached hydrogen (secondary N) is 2. The molecule has 1 saturated carbocycles. The molecule has 0 atom stereocenters. The van der Waals surface area contributed by atoms with Gasteiger partial charge in [-0.15, -0.1) is 0 Å².